The van der Waals surface area contributed by atoms with E-state index in [2.05, 4.69) is 15.2 Å². The van der Waals surface area contributed by atoms with Crippen LogP contribution >= 0.6 is 24.0 Å². The van der Waals surface area contributed by atoms with Crippen LogP contribution in [0.2, 0.25) is 0 Å². The largest absolute Gasteiger partial charge is 0.454 e. The van der Waals surface area contributed by atoms with Crippen LogP contribution in [0.4, 0.5) is 0 Å². The normalized spacial score (nSPS) is 15.6. The van der Waals surface area contributed by atoms with Crippen molar-refractivity contribution in [3.05, 3.63) is 23.7 Å². The molecule has 1 saturated heterocycles. The number of hydrogen-bond donors (Lipinski definition) is 2. The molecule has 1 fully saturated rings. The molecule has 1 aromatic rings. The second kappa shape index (κ2) is 12.1. The highest BCUT2D eigenvalue weighted by Gasteiger charge is 2.22. The van der Waals surface area contributed by atoms with E-state index in [4.69, 9.17) is 19.6 Å². The minimum atomic E-state index is -0.566. The zero-order valence-corrected chi connectivity index (χ0v) is 17.7. The highest BCUT2D eigenvalue weighted by molar-refractivity contribution is 14.0. The number of likely N-dealkylation sites (tertiary alicyclic amines) is 1. The van der Waals surface area contributed by atoms with Crippen LogP contribution in [0.15, 0.2) is 21.5 Å². The number of rotatable bonds is 8. The molecule has 3 N–H and O–H groups in total. The van der Waals surface area contributed by atoms with Crippen LogP contribution in [-0.2, 0) is 16.0 Å². The summed E-state index contributed by atoms with van der Waals surface area (Å²) in [5.74, 6) is 1.06. The average molecular weight is 480 g/mol. The molecule has 0 aromatic carbocycles. The first-order valence-electron chi connectivity index (χ1n) is 8.58. The number of hydrogen-bond acceptors (Lipinski definition) is 5. The van der Waals surface area contributed by atoms with Crippen LogP contribution in [0.3, 0.4) is 0 Å². The molecule has 0 spiro atoms. The number of nitrogens with one attached hydrogen (secondary N) is 1. The van der Waals surface area contributed by atoms with Gasteiger partial charge in [0.1, 0.15) is 5.76 Å². The summed E-state index contributed by atoms with van der Waals surface area (Å²) in [6, 6.07) is 3.31. The van der Waals surface area contributed by atoms with Crippen molar-refractivity contribution in [2.24, 2.45) is 10.7 Å². The molecule has 26 heavy (non-hydrogen) atoms. The first-order chi connectivity index (χ1) is 12.1. The van der Waals surface area contributed by atoms with Crippen molar-refractivity contribution in [3.8, 4) is 0 Å². The Labute approximate surface area is 171 Å². The number of methoxy groups -OCH3 is 1. The first-order valence-corrected chi connectivity index (χ1v) is 8.58. The molecule has 1 aromatic heterocycles. The number of carbonyl (C=O) groups is 1. The Bertz CT molecular complexity index is 571. The van der Waals surface area contributed by atoms with Crippen molar-refractivity contribution >= 4 is 35.8 Å². The van der Waals surface area contributed by atoms with E-state index in [0.717, 1.165) is 51.5 Å². The summed E-state index contributed by atoms with van der Waals surface area (Å²) in [7, 11) is 3.46. The van der Waals surface area contributed by atoms with E-state index in [-0.39, 0.29) is 29.7 Å². The molecule has 2 heterocycles. The summed E-state index contributed by atoms with van der Waals surface area (Å²) in [4.78, 5) is 17.6. The van der Waals surface area contributed by atoms with Gasteiger partial charge in [-0.1, -0.05) is 0 Å². The molecule has 2 rings (SSSR count). The summed E-state index contributed by atoms with van der Waals surface area (Å²) in [6.07, 6.45) is 3.17. The lowest BCUT2D eigenvalue weighted by atomic mass is 10.1. The van der Waals surface area contributed by atoms with E-state index in [0.29, 0.717) is 18.4 Å². The predicted octanol–water partition coefficient (Wildman–Crippen LogP) is 1.59. The fraction of sp³-hybridized carbons (Fsp3) is 0.647. The van der Waals surface area contributed by atoms with Crippen LogP contribution < -0.4 is 11.1 Å². The van der Waals surface area contributed by atoms with Gasteiger partial charge in [0.05, 0.1) is 12.6 Å². The summed E-state index contributed by atoms with van der Waals surface area (Å²) < 4.78 is 16.3. The average Bonchev–Trinajstić information content (AvgIpc) is 3.10. The van der Waals surface area contributed by atoms with Gasteiger partial charge in [-0.25, -0.2) is 0 Å². The van der Waals surface area contributed by atoms with Crippen LogP contribution in [-0.4, -0.2) is 63.3 Å². The van der Waals surface area contributed by atoms with Crippen molar-refractivity contribution in [1.82, 2.24) is 10.2 Å². The lowest BCUT2D eigenvalue weighted by molar-refractivity contribution is 0.00988. The Morgan fingerprint density at radius 1 is 1.38 bits per heavy atom. The number of guanidine groups is 1. The molecule has 0 bridgehead atoms. The van der Waals surface area contributed by atoms with Gasteiger partial charge < -0.3 is 29.8 Å². The van der Waals surface area contributed by atoms with E-state index in [1.165, 1.54) is 0 Å². The zero-order valence-electron chi connectivity index (χ0n) is 15.4. The van der Waals surface area contributed by atoms with Crippen molar-refractivity contribution in [3.63, 3.8) is 0 Å². The van der Waals surface area contributed by atoms with Crippen LogP contribution in [0.5, 0.6) is 0 Å². The molecule has 9 heteroatoms. The Morgan fingerprint density at radius 3 is 2.69 bits per heavy atom. The molecule has 0 saturated carbocycles. The van der Waals surface area contributed by atoms with Gasteiger partial charge in [-0.15, -0.1) is 24.0 Å². The molecule has 1 amide bonds. The van der Waals surface area contributed by atoms with Gasteiger partial charge >= 0.3 is 0 Å². The summed E-state index contributed by atoms with van der Waals surface area (Å²) >= 11 is 0. The van der Waals surface area contributed by atoms with Crippen LogP contribution in [0.1, 0.15) is 35.6 Å². The first kappa shape index (κ1) is 22.7. The molecule has 0 radical (unpaired) electrons. The maximum atomic E-state index is 11.1. The van der Waals surface area contributed by atoms with Crippen LogP contribution in [0.25, 0.3) is 0 Å². The van der Waals surface area contributed by atoms with Crippen molar-refractivity contribution in [2.45, 2.75) is 31.9 Å². The minimum absolute atomic E-state index is 0. The number of aliphatic imine (C=N–C) groups is 1. The molecule has 148 valence electrons. The van der Waals surface area contributed by atoms with Crippen LogP contribution in [0, 0.1) is 0 Å². The summed E-state index contributed by atoms with van der Waals surface area (Å²) in [6.45, 7) is 3.71. The smallest absolute Gasteiger partial charge is 0.284 e. The number of amides is 1. The van der Waals surface area contributed by atoms with E-state index in [1.807, 2.05) is 0 Å². The Morgan fingerprint density at radius 2 is 2.12 bits per heavy atom. The Balaban J connectivity index is 0.00000338. The highest BCUT2D eigenvalue weighted by Crippen LogP contribution is 2.14. The fourth-order valence-electron chi connectivity index (χ4n) is 2.79. The van der Waals surface area contributed by atoms with Gasteiger partial charge in [0, 0.05) is 40.5 Å². The van der Waals surface area contributed by atoms with Gasteiger partial charge in [-0.2, -0.15) is 0 Å². The highest BCUT2D eigenvalue weighted by atomic mass is 127. The topological polar surface area (TPSA) is 102 Å². The van der Waals surface area contributed by atoms with Gasteiger partial charge in [0.25, 0.3) is 5.91 Å². The second-order valence-corrected chi connectivity index (χ2v) is 5.93. The molecular formula is C17H29IN4O4. The fourth-order valence-corrected chi connectivity index (χ4v) is 2.79. The lowest BCUT2D eigenvalue weighted by Crippen LogP contribution is -2.46. The number of ether oxygens (including phenoxy) is 2. The van der Waals surface area contributed by atoms with E-state index in [1.54, 1.807) is 26.3 Å². The SMILES string of the molecule is CN=C(NCc1ccc(C(N)=O)o1)N1CCC(OCCCOC)CC1.I. The molecule has 0 atom stereocenters. The number of furan rings is 1. The van der Waals surface area contributed by atoms with Crippen molar-refractivity contribution in [2.75, 3.05) is 40.5 Å². The number of primary amides is 1. The number of nitrogens with zero attached hydrogens (tertiary/aromatic N) is 2. The number of halogens is 1. The third-order valence-corrected chi connectivity index (χ3v) is 4.12. The Kier molecular flexibility index (Phi) is 10.6. The Hall–Kier alpha value is -1.33. The molecule has 8 nitrogen and oxygen atoms in total. The van der Waals surface area contributed by atoms with Gasteiger partial charge in [0.2, 0.25) is 0 Å². The minimum Gasteiger partial charge on any atom is -0.454 e. The predicted molar refractivity (Wildman–Crippen MR) is 110 cm³/mol. The van der Waals surface area contributed by atoms with Gasteiger partial charge in [-0.3, -0.25) is 9.79 Å². The summed E-state index contributed by atoms with van der Waals surface area (Å²) in [5.41, 5.74) is 5.19. The third kappa shape index (κ3) is 7.12. The quantitative estimate of drug-likeness (QED) is 0.254. The zero-order chi connectivity index (χ0) is 18.1. The number of piperidine rings is 1. The van der Waals surface area contributed by atoms with Gasteiger partial charge in [-0.05, 0) is 31.4 Å². The number of carbonyl (C=O) groups excluding carboxylic acids is 1. The monoisotopic (exact) mass is 480 g/mol. The van der Waals surface area contributed by atoms with E-state index in [9.17, 15) is 4.79 Å². The van der Waals surface area contributed by atoms with Crippen molar-refractivity contribution < 1.29 is 18.7 Å². The van der Waals surface area contributed by atoms with E-state index >= 15 is 0 Å². The summed E-state index contributed by atoms with van der Waals surface area (Å²) in [5, 5.41) is 3.26. The molecule has 1 aliphatic heterocycles. The van der Waals surface area contributed by atoms with E-state index < -0.39 is 5.91 Å². The standard InChI is InChI=1S/C17H28N4O4.HI/c1-19-17(20-12-14-4-5-15(25-14)16(18)22)21-8-6-13(7-9-21)24-11-3-10-23-2;/h4-5,13H,3,6-12H2,1-2H3,(H2,18,22)(H,19,20);1H. The van der Waals surface area contributed by atoms with Gasteiger partial charge in [0.15, 0.2) is 11.7 Å². The number of nitrogens with two attached hydrogens (primary N) is 1. The van der Waals surface area contributed by atoms with Crippen molar-refractivity contribution in [1.29, 1.82) is 0 Å². The maximum absolute atomic E-state index is 11.1. The second-order valence-electron chi connectivity index (χ2n) is 5.93. The molecule has 1 aliphatic rings. The maximum Gasteiger partial charge on any atom is 0.284 e. The molecular weight excluding hydrogens is 451 g/mol. The third-order valence-electron chi connectivity index (χ3n) is 4.12. The molecule has 0 aliphatic carbocycles. The molecule has 0 unspecified atom stereocenters. The lowest BCUT2D eigenvalue weighted by Gasteiger charge is -2.34.